The number of nitrogens with one attached hydrogen (secondary N) is 1. The van der Waals surface area contributed by atoms with Gasteiger partial charge in [0.2, 0.25) is 0 Å². The number of ether oxygens (including phenoxy) is 2. The van der Waals surface area contributed by atoms with Crippen LogP contribution in [-0.2, 0) is 17.8 Å². The molecule has 1 N–H and O–H groups in total. The van der Waals surface area contributed by atoms with Gasteiger partial charge in [0.25, 0.3) is 5.91 Å². The van der Waals surface area contributed by atoms with Crippen LogP contribution in [0.1, 0.15) is 50.4 Å². The molecule has 0 atom stereocenters. The molecule has 0 aliphatic carbocycles. The van der Waals surface area contributed by atoms with Gasteiger partial charge in [-0.1, -0.05) is 62.7 Å². The molecule has 1 heterocycles. The number of fused-ring (bicyclic) bond motifs is 1. The highest BCUT2D eigenvalue weighted by Crippen LogP contribution is 2.20. The number of unbranched alkanes of at least 4 members (excludes halogenated alkanes) is 2. The summed E-state index contributed by atoms with van der Waals surface area (Å²) in [5.41, 5.74) is 3.47. The molecule has 1 amide bonds. The number of carbonyl (C=O) groups is 1. The predicted octanol–water partition coefficient (Wildman–Crippen LogP) is 6.15. The van der Waals surface area contributed by atoms with E-state index < -0.39 is 0 Å². The average molecular weight is 500 g/mol. The Morgan fingerprint density at radius 2 is 1.59 bits per heavy atom. The Morgan fingerprint density at radius 1 is 0.865 bits per heavy atom. The molecule has 4 aromatic rings. The van der Waals surface area contributed by atoms with Crippen LogP contribution in [0.15, 0.2) is 78.9 Å². The van der Waals surface area contributed by atoms with Crippen LogP contribution in [0.4, 0.5) is 0 Å². The van der Waals surface area contributed by atoms with Gasteiger partial charge in [-0.3, -0.25) is 4.79 Å². The number of carbonyl (C=O) groups excluding carboxylic acids is 1. The molecular weight excluding hydrogens is 462 g/mol. The molecular formula is C31H37N3O3. The zero-order chi connectivity index (χ0) is 25.9. The maximum atomic E-state index is 12.0. The first-order valence-corrected chi connectivity index (χ1v) is 13.2. The number of para-hydroxylation sites is 3. The van der Waals surface area contributed by atoms with E-state index in [2.05, 4.69) is 66.2 Å². The largest absolute Gasteiger partial charge is 0.492 e. The number of aromatic nitrogens is 2. The molecule has 0 fully saturated rings. The molecule has 194 valence electrons. The van der Waals surface area contributed by atoms with E-state index in [9.17, 15) is 4.79 Å². The van der Waals surface area contributed by atoms with Gasteiger partial charge in [-0.25, -0.2) is 4.98 Å². The monoisotopic (exact) mass is 499 g/mol. The zero-order valence-electron chi connectivity index (χ0n) is 21.9. The van der Waals surface area contributed by atoms with E-state index in [4.69, 9.17) is 14.5 Å². The third kappa shape index (κ3) is 7.84. The number of aryl methyl sites for hydroxylation is 1. The third-order valence-corrected chi connectivity index (χ3v) is 6.38. The molecule has 0 radical (unpaired) electrons. The highest BCUT2D eigenvalue weighted by Gasteiger charge is 2.11. The summed E-state index contributed by atoms with van der Waals surface area (Å²) in [4.78, 5) is 16.9. The van der Waals surface area contributed by atoms with Crippen molar-refractivity contribution < 1.29 is 14.3 Å². The van der Waals surface area contributed by atoms with Crippen molar-refractivity contribution in [2.45, 2.75) is 52.0 Å². The maximum Gasteiger partial charge on any atom is 0.257 e. The van der Waals surface area contributed by atoms with Crippen LogP contribution in [-0.4, -0.2) is 35.2 Å². The van der Waals surface area contributed by atoms with Gasteiger partial charge in [0.05, 0.1) is 17.6 Å². The fourth-order valence-corrected chi connectivity index (χ4v) is 4.30. The molecule has 4 rings (SSSR count). The minimum atomic E-state index is -0.0931. The Hall–Kier alpha value is -3.80. The van der Waals surface area contributed by atoms with Crippen LogP contribution < -0.4 is 14.8 Å². The normalized spacial score (nSPS) is 11.1. The van der Waals surface area contributed by atoms with Crippen molar-refractivity contribution in [3.8, 4) is 11.5 Å². The number of benzene rings is 3. The molecule has 37 heavy (non-hydrogen) atoms. The van der Waals surface area contributed by atoms with Gasteiger partial charge in [-0.2, -0.15) is 0 Å². The minimum absolute atomic E-state index is 0.0397. The molecule has 6 heteroatoms. The topological polar surface area (TPSA) is 65.4 Å². The lowest BCUT2D eigenvalue weighted by atomic mass is 10.0. The van der Waals surface area contributed by atoms with E-state index in [1.807, 2.05) is 36.4 Å². The van der Waals surface area contributed by atoms with Gasteiger partial charge in [0, 0.05) is 13.0 Å². The number of nitrogens with zero attached hydrogens (tertiary/aromatic N) is 2. The van der Waals surface area contributed by atoms with Crippen LogP contribution in [0.25, 0.3) is 11.0 Å². The zero-order valence-corrected chi connectivity index (χ0v) is 21.9. The van der Waals surface area contributed by atoms with Crippen molar-refractivity contribution in [2.75, 3.05) is 19.8 Å². The lowest BCUT2D eigenvalue weighted by molar-refractivity contribution is -0.123. The summed E-state index contributed by atoms with van der Waals surface area (Å²) in [6.07, 6.45) is 3.84. The van der Waals surface area contributed by atoms with Gasteiger partial charge in [-0.15, -0.1) is 0 Å². The third-order valence-electron chi connectivity index (χ3n) is 6.38. The Kier molecular flexibility index (Phi) is 9.58. The molecule has 1 aromatic heterocycles. The molecule has 0 aliphatic rings. The van der Waals surface area contributed by atoms with Gasteiger partial charge in [0.15, 0.2) is 6.61 Å². The Bertz CT molecular complexity index is 1250. The summed E-state index contributed by atoms with van der Waals surface area (Å²) in [6, 6.07) is 26.0. The van der Waals surface area contributed by atoms with Crippen LogP contribution in [0.5, 0.6) is 11.5 Å². The van der Waals surface area contributed by atoms with E-state index in [-0.39, 0.29) is 12.5 Å². The first-order valence-electron chi connectivity index (χ1n) is 13.2. The van der Waals surface area contributed by atoms with E-state index >= 15 is 0 Å². The smallest absolute Gasteiger partial charge is 0.257 e. The second-order valence-corrected chi connectivity index (χ2v) is 9.50. The van der Waals surface area contributed by atoms with Crippen LogP contribution in [0, 0.1) is 0 Å². The quantitative estimate of drug-likeness (QED) is 0.212. The van der Waals surface area contributed by atoms with E-state index in [0.29, 0.717) is 24.8 Å². The van der Waals surface area contributed by atoms with Gasteiger partial charge in [0.1, 0.15) is 23.9 Å². The fraction of sp³-hybridized carbons (Fsp3) is 0.355. The fourth-order valence-electron chi connectivity index (χ4n) is 4.30. The highest BCUT2D eigenvalue weighted by molar-refractivity contribution is 5.77. The Labute approximate surface area is 219 Å². The summed E-state index contributed by atoms with van der Waals surface area (Å²) < 4.78 is 13.8. The van der Waals surface area contributed by atoms with Crippen molar-refractivity contribution in [3.63, 3.8) is 0 Å². The minimum Gasteiger partial charge on any atom is -0.492 e. The van der Waals surface area contributed by atoms with Crippen molar-refractivity contribution in [1.82, 2.24) is 14.9 Å². The Balaban J connectivity index is 1.21. The van der Waals surface area contributed by atoms with Crippen molar-refractivity contribution in [2.24, 2.45) is 0 Å². The van der Waals surface area contributed by atoms with Crippen LogP contribution in [0.2, 0.25) is 0 Å². The predicted molar refractivity (Wildman–Crippen MR) is 148 cm³/mol. The molecule has 0 saturated carbocycles. The Morgan fingerprint density at radius 3 is 2.38 bits per heavy atom. The van der Waals surface area contributed by atoms with Crippen molar-refractivity contribution in [3.05, 3.63) is 90.3 Å². The summed E-state index contributed by atoms with van der Waals surface area (Å²) in [6.45, 7) is 6.42. The number of rotatable bonds is 14. The number of imidazole rings is 1. The number of hydrogen-bond donors (Lipinski definition) is 1. The van der Waals surface area contributed by atoms with E-state index in [0.717, 1.165) is 54.8 Å². The summed E-state index contributed by atoms with van der Waals surface area (Å²) in [5, 5.41) is 2.94. The number of hydrogen-bond acceptors (Lipinski definition) is 4. The van der Waals surface area contributed by atoms with Gasteiger partial charge >= 0.3 is 0 Å². The first kappa shape index (κ1) is 26.3. The highest BCUT2D eigenvalue weighted by atomic mass is 16.5. The molecule has 0 aliphatic heterocycles. The maximum absolute atomic E-state index is 12.0. The number of amides is 1. The molecule has 0 spiro atoms. The van der Waals surface area contributed by atoms with Gasteiger partial charge < -0.3 is 19.4 Å². The SMILES string of the molecule is CC(C)c1ccc(OCCn2c(CCCCCNC(=O)COc3ccccc3)nc3ccccc32)cc1. The van der Waals surface area contributed by atoms with Crippen molar-refractivity contribution >= 4 is 16.9 Å². The summed E-state index contributed by atoms with van der Waals surface area (Å²) in [7, 11) is 0. The molecule has 0 bridgehead atoms. The second-order valence-electron chi connectivity index (χ2n) is 9.50. The first-order chi connectivity index (χ1) is 18.1. The average Bonchev–Trinajstić information content (AvgIpc) is 3.27. The molecule has 6 nitrogen and oxygen atoms in total. The summed E-state index contributed by atoms with van der Waals surface area (Å²) in [5.74, 6) is 3.10. The molecule has 0 unspecified atom stereocenters. The van der Waals surface area contributed by atoms with Gasteiger partial charge in [-0.05, 0) is 60.7 Å². The lowest BCUT2D eigenvalue weighted by Crippen LogP contribution is -2.29. The molecule has 3 aromatic carbocycles. The van der Waals surface area contributed by atoms with Crippen LogP contribution in [0.3, 0.4) is 0 Å². The van der Waals surface area contributed by atoms with E-state index in [1.54, 1.807) is 0 Å². The molecule has 0 saturated heterocycles. The summed E-state index contributed by atoms with van der Waals surface area (Å²) >= 11 is 0. The standard InChI is InChI=1S/C31H37N3O3/c1-24(2)25-16-18-27(19-17-25)36-22-21-34-29-14-9-8-13-28(29)33-30(34)15-7-4-10-20-32-31(35)23-37-26-11-5-3-6-12-26/h3,5-6,8-9,11-14,16-19,24H,4,7,10,15,20-23H2,1-2H3,(H,32,35). The lowest BCUT2D eigenvalue weighted by Gasteiger charge is -2.12. The van der Waals surface area contributed by atoms with Crippen molar-refractivity contribution in [1.29, 1.82) is 0 Å². The van der Waals surface area contributed by atoms with E-state index in [1.165, 1.54) is 5.56 Å². The second kappa shape index (κ2) is 13.5. The van der Waals surface area contributed by atoms with Crippen LogP contribution >= 0.6 is 0 Å².